The van der Waals surface area contributed by atoms with Crippen LogP contribution in [-0.2, 0) is 0 Å². The van der Waals surface area contributed by atoms with Crippen molar-refractivity contribution in [3.05, 3.63) is 36.4 Å². The van der Waals surface area contributed by atoms with E-state index in [1.165, 1.54) is 0 Å². The monoisotopic (exact) mass is 290 g/mol. The second kappa shape index (κ2) is 7.13. The number of nitrogens with one attached hydrogen (secondary N) is 1. The Morgan fingerprint density at radius 1 is 1.52 bits per heavy atom. The topological polar surface area (TPSA) is 50.8 Å². The van der Waals surface area contributed by atoms with Gasteiger partial charge in [0.1, 0.15) is 6.61 Å². The molecule has 1 aliphatic rings. The lowest BCUT2D eigenvalue weighted by molar-refractivity contribution is 0.0655. The van der Waals surface area contributed by atoms with E-state index in [1.54, 1.807) is 31.4 Å². The number of carbonyl (C=O) groups is 1. The van der Waals surface area contributed by atoms with Crippen LogP contribution >= 0.6 is 0 Å². The van der Waals surface area contributed by atoms with Crippen molar-refractivity contribution in [2.45, 2.75) is 13.0 Å². The quantitative estimate of drug-likeness (QED) is 0.839. The van der Waals surface area contributed by atoms with E-state index in [0.717, 1.165) is 19.6 Å². The Morgan fingerprint density at radius 2 is 2.33 bits per heavy atom. The molecule has 5 heteroatoms. The van der Waals surface area contributed by atoms with E-state index < -0.39 is 0 Å². The van der Waals surface area contributed by atoms with Gasteiger partial charge in [0.15, 0.2) is 11.5 Å². The lowest BCUT2D eigenvalue weighted by Gasteiger charge is -2.34. The standard InChI is InChI=1S/C16H22N2O3/c1-4-9-21-14-6-5-13(10-15(14)20-3)16(19)18-8-7-17-11-12(18)2/h4-6,10,12,17H,1,7-9,11H2,2-3H3/t12-/m1/s1. The smallest absolute Gasteiger partial charge is 0.254 e. The highest BCUT2D eigenvalue weighted by Gasteiger charge is 2.24. The first kappa shape index (κ1) is 15.4. The van der Waals surface area contributed by atoms with Crippen LogP contribution in [0.2, 0.25) is 0 Å². The van der Waals surface area contributed by atoms with Crippen molar-refractivity contribution in [3.63, 3.8) is 0 Å². The summed E-state index contributed by atoms with van der Waals surface area (Å²) in [6, 6.07) is 5.46. The first-order valence-electron chi connectivity index (χ1n) is 7.10. The summed E-state index contributed by atoms with van der Waals surface area (Å²) in [5, 5.41) is 3.28. The second-order valence-corrected chi connectivity index (χ2v) is 5.02. The largest absolute Gasteiger partial charge is 0.493 e. The maximum absolute atomic E-state index is 12.6. The summed E-state index contributed by atoms with van der Waals surface area (Å²) in [6.07, 6.45) is 1.67. The van der Waals surface area contributed by atoms with Crippen molar-refractivity contribution in [1.82, 2.24) is 10.2 Å². The number of hydrogen-bond acceptors (Lipinski definition) is 4. The number of piperazine rings is 1. The van der Waals surface area contributed by atoms with Crippen LogP contribution in [0.15, 0.2) is 30.9 Å². The molecule has 1 aromatic carbocycles. The average molecular weight is 290 g/mol. The molecule has 1 saturated heterocycles. The summed E-state index contributed by atoms with van der Waals surface area (Å²) in [5.74, 6) is 1.20. The Bertz CT molecular complexity index is 516. The molecule has 1 aliphatic heterocycles. The third kappa shape index (κ3) is 3.55. The Morgan fingerprint density at radius 3 is 3.00 bits per heavy atom. The van der Waals surface area contributed by atoms with Crippen LogP contribution in [-0.4, -0.2) is 50.2 Å². The molecular formula is C16H22N2O3. The molecule has 1 fully saturated rings. The number of methoxy groups -OCH3 is 1. The highest BCUT2D eigenvalue weighted by Crippen LogP contribution is 2.28. The van der Waals surface area contributed by atoms with Crippen LogP contribution in [0.5, 0.6) is 11.5 Å². The fourth-order valence-corrected chi connectivity index (χ4v) is 2.38. The Balaban J connectivity index is 2.19. The molecule has 1 amide bonds. The van der Waals surface area contributed by atoms with E-state index in [9.17, 15) is 4.79 Å². The van der Waals surface area contributed by atoms with Crippen LogP contribution < -0.4 is 14.8 Å². The van der Waals surface area contributed by atoms with Crippen LogP contribution in [0, 0.1) is 0 Å². The van der Waals surface area contributed by atoms with Crippen LogP contribution in [0.25, 0.3) is 0 Å². The predicted octanol–water partition coefficient (Wildman–Crippen LogP) is 1.69. The van der Waals surface area contributed by atoms with E-state index in [2.05, 4.69) is 11.9 Å². The number of hydrogen-bond donors (Lipinski definition) is 1. The van der Waals surface area contributed by atoms with E-state index in [1.807, 2.05) is 11.8 Å². The highest BCUT2D eigenvalue weighted by atomic mass is 16.5. The zero-order valence-corrected chi connectivity index (χ0v) is 12.6. The molecule has 2 rings (SSSR count). The number of rotatable bonds is 5. The van der Waals surface area contributed by atoms with Gasteiger partial charge in [0.2, 0.25) is 0 Å². The van der Waals surface area contributed by atoms with Gasteiger partial charge in [-0.2, -0.15) is 0 Å². The molecular weight excluding hydrogens is 268 g/mol. The Kier molecular flexibility index (Phi) is 5.22. The van der Waals surface area contributed by atoms with Gasteiger partial charge in [0.25, 0.3) is 5.91 Å². The molecule has 0 aliphatic carbocycles. The lowest BCUT2D eigenvalue weighted by atomic mass is 10.1. The molecule has 1 atom stereocenters. The number of benzene rings is 1. The minimum Gasteiger partial charge on any atom is -0.493 e. The van der Waals surface area contributed by atoms with Gasteiger partial charge in [-0.15, -0.1) is 0 Å². The first-order valence-corrected chi connectivity index (χ1v) is 7.10. The van der Waals surface area contributed by atoms with E-state index >= 15 is 0 Å². The van der Waals surface area contributed by atoms with Gasteiger partial charge >= 0.3 is 0 Å². The molecule has 0 saturated carbocycles. The average Bonchev–Trinajstić information content (AvgIpc) is 2.52. The van der Waals surface area contributed by atoms with Gasteiger partial charge in [-0.25, -0.2) is 0 Å². The molecule has 0 aromatic heterocycles. The molecule has 0 radical (unpaired) electrons. The molecule has 5 nitrogen and oxygen atoms in total. The van der Waals surface area contributed by atoms with Gasteiger partial charge in [0, 0.05) is 31.2 Å². The highest BCUT2D eigenvalue weighted by molar-refractivity contribution is 5.95. The molecule has 114 valence electrons. The minimum absolute atomic E-state index is 0.0255. The van der Waals surface area contributed by atoms with Crippen LogP contribution in [0.1, 0.15) is 17.3 Å². The van der Waals surface area contributed by atoms with Crippen molar-refractivity contribution in [2.24, 2.45) is 0 Å². The minimum atomic E-state index is 0.0255. The van der Waals surface area contributed by atoms with Gasteiger partial charge in [-0.3, -0.25) is 4.79 Å². The van der Waals surface area contributed by atoms with Crippen molar-refractivity contribution < 1.29 is 14.3 Å². The molecule has 1 aromatic rings. The third-order valence-electron chi connectivity index (χ3n) is 3.53. The Labute approximate surface area is 125 Å². The van der Waals surface area contributed by atoms with Gasteiger partial charge < -0.3 is 19.7 Å². The van der Waals surface area contributed by atoms with Gasteiger partial charge in [-0.1, -0.05) is 12.7 Å². The number of ether oxygens (including phenoxy) is 2. The van der Waals surface area contributed by atoms with Crippen LogP contribution in [0.4, 0.5) is 0 Å². The SMILES string of the molecule is C=CCOc1ccc(C(=O)N2CCNC[C@H]2C)cc1OC. The summed E-state index contributed by atoms with van der Waals surface area (Å²) in [6.45, 7) is 8.43. The summed E-state index contributed by atoms with van der Waals surface area (Å²) in [4.78, 5) is 14.5. The van der Waals surface area contributed by atoms with Crippen molar-refractivity contribution >= 4 is 5.91 Å². The first-order chi connectivity index (χ1) is 10.2. The number of carbonyl (C=O) groups excluding carboxylic acids is 1. The summed E-state index contributed by atoms with van der Waals surface area (Å²) in [5.41, 5.74) is 0.617. The molecule has 1 N–H and O–H groups in total. The maximum Gasteiger partial charge on any atom is 0.254 e. The fraction of sp³-hybridized carbons (Fsp3) is 0.438. The van der Waals surface area contributed by atoms with E-state index in [0.29, 0.717) is 23.7 Å². The molecule has 0 spiro atoms. The predicted molar refractivity (Wildman–Crippen MR) is 82.1 cm³/mol. The number of amides is 1. The van der Waals surface area contributed by atoms with Crippen LogP contribution in [0.3, 0.4) is 0 Å². The van der Waals surface area contributed by atoms with E-state index in [-0.39, 0.29) is 11.9 Å². The lowest BCUT2D eigenvalue weighted by Crippen LogP contribution is -2.52. The maximum atomic E-state index is 12.6. The van der Waals surface area contributed by atoms with E-state index in [4.69, 9.17) is 9.47 Å². The fourth-order valence-electron chi connectivity index (χ4n) is 2.38. The van der Waals surface area contributed by atoms with Crippen molar-refractivity contribution in [3.8, 4) is 11.5 Å². The molecule has 21 heavy (non-hydrogen) atoms. The molecule has 0 bridgehead atoms. The van der Waals surface area contributed by atoms with Gasteiger partial charge in [-0.05, 0) is 25.1 Å². The van der Waals surface area contributed by atoms with Crippen molar-refractivity contribution in [1.29, 1.82) is 0 Å². The van der Waals surface area contributed by atoms with Crippen molar-refractivity contribution in [2.75, 3.05) is 33.4 Å². The second-order valence-electron chi connectivity index (χ2n) is 5.02. The molecule has 0 unspecified atom stereocenters. The molecule has 1 heterocycles. The summed E-state index contributed by atoms with van der Waals surface area (Å²) in [7, 11) is 1.57. The van der Waals surface area contributed by atoms with Gasteiger partial charge in [0.05, 0.1) is 7.11 Å². The zero-order valence-electron chi connectivity index (χ0n) is 12.6. The summed E-state index contributed by atoms with van der Waals surface area (Å²) >= 11 is 0. The Hall–Kier alpha value is -2.01. The number of nitrogens with zero attached hydrogens (tertiary/aromatic N) is 1. The zero-order chi connectivity index (χ0) is 15.2. The third-order valence-corrected chi connectivity index (χ3v) is 3.53. The summed E-state index contributed by atoms with van der Waals surface area (Å²) < 4.78 is 10.8. The normalized spacial score (nSPS) is 18.2.